The number of anilines is 1. The van der Waals surface area contributed by atoms with Crippen molar-refractivity contribution in [2.75, 3.05) is 25.5 Å². The third kappa shape index (κ3) is 4.46. The third-order valence-corrected chi connectivity index (χ3v) is 6.33. The van der Waals surface area contributed by atoms with Crippen LogP contribution in [0.1, 0.15) is 40.7 Å². The van der Waals surface area contributed by atoms with Crippen LogP contribution >= 0.6 is 11.3 Å². The summed E-state index contributed by atoms with van der Waals surface area (Å²) in [5, 5.41) is 6.61. The number of amides is 2. The zero-order valence-corrected chi connectivity index (χ0v) is 17.2. The van der Waals surface area contributed by atoms with Gasteiger partial charge in [0, 0.05) is 18.3 Å². The summed E-state index contributed by atoms with van der Waals surface area (Å²) in [6.45, 7) is 1.19. The molecule has 2 heterocycles. The van der Waals surface area contributed by atoms with Crippen LogP contribution in [0.5, 0.6) is 0 Å². The van der Waals surface area contributed by atoms with Crippen LogP contribution in [0.15, 0.2) is 48.5 Å². The number of likely N-dealkylation sites (tertiary alicyclic amines) is 1. The van der Waals surface area contributed by atoms with Gasteiger partial charge in [0.05, 0.1) is 22.8 Å². The zero-order valence-electron chi connectivity index (χ0n) is 16.4. The molecule has 1 fully saturated rings. The van der Waals surface area contributed by atoms with E-state index in [0.717, 1.165) is 36.3 Å². The summed E-state index contributed by atoms with van der Waals surface area (Å²) in [5.41, 5.74) is 2.17. The topological polar surface area (TPSA) is 74.3 Å². The first kappa shape index (κ1) is 19.5. The number of nitrogens with one attached hydrogen (secondary N) is 2. The SMILES string of the molecule is CNC(=O)c1cccc(NC(=O)CN2CCCC[C@H]2c2nc3ccccc3s2)c1. The summed E-state index contributed by atoms with van der Waals surface area (Å²) >= 11 is 1.72. The molecular formula is C22H24N4O2S. The second kappa shape index (κ2) is 8.71. The molecule has 0 bridgehead atoms. The minimum atomic E-state index is -0.173. The molecule has 150 valence electrons. The van der Waals surface area contributed by atoms with E-state index in [1.54, 1.807) is 42.6 Å². The maximum atomic E-state index is 12.7. The minimum Gasteiger partial charge on any atom is -0.355 e. The fourth-order valence-corrected chi connectivity index (χ4v) is 4.90. The van der Waals surface area contributed by atoms with Gasteiger partial charge in [0.2, 0.25) is 5.91 Å². The van der Waals surface area contributed by atoms with Gasteiger partial charge in [-0.05, 0) is 49.7 Å². The second-order valence-electron chi connectivity index (χ2n) is 7.21. The van der Waals surface area contributed by atoms with E-state index in [-0.39, 0.29) is 17.9 Å². The van der Waals surface area contributed by atoms with Crippen LogP contribution in [-0.4, -0.2) is 41.8 Å². The monoisotopic (exact) mass is 408 g/mol. The van der Waals surface area contributed by atoms with Crippen LogP contribution < -0.4 is 10.6 Å². The number of fused-ring (bicyclic) bond motifs is 1. The number of hydrogen-bond acceptors (Lipinski definition) is 5. The Kier molecular flexibility index (Phi) is 5.87. The summed E-state index contributed by atoms with van der Waals surface area (Å²) in [5.74, 6) is -0.250. The molecule has 1 aliphatic heterocycles. The molecule has 1 saturated heterocycles. The van der Waals surface area contributed by atoms with E-state index in [1.807, 2.05) is 18.2 Å². The highest BCUT2D eigenvalue weighted by atomic mass is 32.1. The molecular weight excluding hydrogens is 384 g/mol. The van der Waals surface area contributed by atoms with Crippen LogP contribution in [0, 0.1) is 0 Å². The predicted molar refractivity (Wildman–Crippen MR) is 116 cm³/mol. The van der Waals surface area contributed by atoms with Gasteiger partial charge in [0.1, 0.15) is 5.01 Å². The van der Waals surface area contributed by atoms with Crippen LogP contribution in [0.25, 0.3) is 10.2 Å². The van der Waals surface area contributed by atoms with Crippen LogP contribution in [0.4, 0.5) is 5.69 Å². The Morgan fingerprint density at radius 2 is 2.03 bits per heavy atom. The van der Waals surface area contributed by atoms with E-state index >= 15 is 0 Å². The molecule has 0 aliphatic carbocycles. The molecule has 1 atom stereocenters. The van der Waals surface area contributed by atoms with Gasteiger partial charge >= 0.3 is 0 Å². The normalized spacial score (nSPS) is 17.2. The summed E-state index contributed by atoms with van der Waals surface area (Å²) in [4.78, 5) is 31.6. The average Bonchev–Trinajstić information content (AvgIpc) is 3.17. The Bertz CT molecular complexity index is 999. The molecule has 0 unspecified atom stereocenters. The average molecular weight is 409 g/mol. The van der Waals surface area contributed by atoms with Crippen molar-refractivity contribution >= 4 is 39.1 Å². The van der Waals surface area contributed by atoms with Crippen molar-refractivity contribution < 1.29 is 9.59 Å². The fourth-order valence-electron chi connectivity index (χ4n) is 3.76. The van der Waals surface area contributed by atoms with Crippen molar-refractivity contribution in [2.45, 2.75) is 25.3 Å². The molecule has 0 spiro atoms. The molecule has 6 nitrogen and oxygen atoms in total. The van der Waals surface area contributed by atoms with Crippen molar-refractivity contribution in [3.05, 3.63) is 59.1 Å². The second-order valence-corrected chi connectivity index (χ2v) is 8.27. The van der Waals surface area contributed by atoms with E-state index in [1.165, 1.54) is 4.70 Å². The minimum absolute atomic E-state index is 0.0768. The Labute approximate surface area is 173 Å². The maximum absolute atomic E-state index is 12.7. The highest BCUT2D eigenvalue weighted by Crippen LogP contribution is 2.35. The number of carbonyl (C=O) groups excluding carboxylic acids is 2. The molecule has 7 heteroatoms. The number of rotatable bonds is 5. The predicted octanol–water partition coefficient (Wildman–Crippen LogP) is 3.82. The Balaban J connectivity index is 1.46. The van der Waals surface area contributed by atoms with Crippen LogP contribution in [0.2, 0.25) is 0 Å². The summed E-state index contributed by atoms with van der Waals surface area (Å²) in [6, 6.07) is 15.3. The molecule has 4 rings (SSSR count). The maximum Gasteiger partial charge on any atom is 0.251 e. The quantitative estimate of drug-likeness (QED) is 0.673. The van der Waals surface area contributed by atoms with Crippen molar-refractivity contribution in [2.24, 2.45) is 0 Å². The molecule has 2 N–H and O–H groups in total. The van der Waals surface area contributed by atoms with E-state index in [9.17, 15) is 9.59 Å². The van der Waals surface area contributed by atoms with E-state index < -0.39 is 0 Å². The molecule has 0 saturated carbocycles. The van der Waals surface area contributed by atoms with Crippen LogP contribution in [0.3, 0.4) is 0 Å². The Morgan fingerprint density at radius 3 is 2.86 bits per heavy atom. The number of nitrogens with zero attached hydrogens (tertiary/aromatic N) is 2. The van der Waals surface area contributed by atoms with Gasteiger partial charge in [-0.25, -0.2) is 4.98 Å². The van der Waals surface area contributed by atoms with Gasteiger partial charge in [-0.2, -0.15) is 0 Å². The van der Waals surface area contributed by atoms with Gasteiger partial charge in [0.15, 0.2) is 0 Å². The first-order chi connectivity index (χ1) is 14.1. The van der Waals surface area contributed by atoms with Crippen molar-refractivity contribution in [1.82, 2.24) is 15.2 Å². The molecule has 2 amide bonds. The first-order valence-electron chi connectivity index (χ1n) is 9.85. The molecule has 2 aromatic carbocycles. The molecule has 29 heavy (non-hydrogen) atoms. The van der Waals surface area contributed by atoms with Crippen molar-refractivity contribution in [1.29, 1.82) is 0 Å². The van der Waals surface area contributed by atoms with Gasteiger partial charge in [-0.15, -0.1) is 11.3 Å². The smallest absolute Gasteiger partial charge is 0.251 e. The Morgan fingerprint density at radius 1 is 1.17 bits per heavy atom. The fraction of sp³-hybridized carbons (Fsp3) is 0.318. The van der Waals surface area contributed by atoms with Gasteiger partial charge < -0.3 is 10.6 Å². The summed E-state index contributed by atoms with van der Waals surface area (Å²) in [6.07, 6.45) is 3.24. The van der Waals surface area contributed by atoms with Gasteiger partial charge in [-0.1, -0.05) is 24.6 Å². The van der Waals surface area contributed by atoms with E-state index in [2.05, 4.69) is 21.6 Å². The molecule has 1 aliphatic rings. The van der Waals surface area contributed by atoms with E-state index in [4.69, 9.17) is 4.98 Å². The molecule has 3 aromatic rings. The zero-order chi connectivity index (χ0) is 20.2. The molecule has 0 radical (unpaired) electrons. The Hall–Kier alpha value is -2.77. The number of carbonyl (C=O) groups is 2. The number of thiazole rings is 1. The van der Waals surface area contributed by atoms with Crippen LogP contribution in [-0.2, 0) is 4.79 Å². The summed E-state index contributed by atoms with van der Waals surface area (Å²) in [7, 11) is 1.59. The van der Waals surface area contributed by atoms with Crippen molar-refractivity contribution in [3.8, 4) is 0 Å². The number of benzene rings is 2. The van der Waals surface area contributed by atoms with Gasteiger partial charge in [-0.3, -0.25) is 14.5 Å². The van der Waals surface area contributed by atoms with E-state index in [0.29, 0.717) is 17.8 Å². The highest BCUT2D eigenvalue weighted by Gasteiger charge is 2.28. The largest absolute Gasteiger partial charge is 0.355 e. The summed E-state index contributed by atoms with van der Waals surface area (Å²) < 4.78 is 1.18. The lowest BCUT2D eigenvalue weighted by Gasteiger charge is -2.33. The lowest BCUT2D eigenvalue weighted by atomic mass is 10.0. The first-order valence-corrected chi connectivity index (χ1v) is 10.7. The number of para-hydroxylation sites is 1. The molecule has 1 aromatic heterocycles. The lowest BCUT2D eigenvalue weighted by Crippen LogP contribution is -2.39. The number of aromatic nitrogens is 1. The van der Waals surface area contributed by atoms with Gasteiger partial charge in [0.25, 0.3) is 5.91 Å². The lowest BCUT2D eigenvalue weighted by molar-refractivity contribution is -0.118. The third-order valence-electron chi connectivity index (χ3n) is 5.19. The highest BCUT2D eigenvalue weighted by molar-refractivity contribution is 7.18. The van der Waals surface area contributed by atoms with Crippen molar-refractivity contribution in [3.63, 3.8) is 0 Å². The standard InChI is InChI=1S/C22H24N4O2S/c1-23-21(28)15-7-6-8-16(13-15)24-20(27)14-26-12-5-4-10-18(26)22-25-17-9-2-3-11-19(17)29-22/h2-3,6-9,11,13,18H,4-5,10,12,14H2,1H3,(H,23,28)(H,24,27)/t18-/m0/s1. The number of piperidine rings is 1. The number of hydrogen-bond donors (Lipinski definition) is 2.